The molecule has 2 nitrogen and oxygen atoms in total. The van der Waals surface area contributed by atoms with Gasteiger partial charge < -0.3 is 5.11 Å². The lowest BCUT2D eigenvalue weighted by atomic mass is 10.0. The van der Waals surface area contributed by atoms with Crippen molar-refractivity contribution in [1.29, 1.82) is 0 Å². The molecular formula is C17H23ClO2. The lowest BCUT2D eigenvalue weighted by molar-refractivity contribution is 0.112. The van der Waals surface area contributed by atoms with Crippen LogP contribution in [0, 0.1) is 6.92 Å². The van der Waals surface area contributed by atoms with Crippen molar-refractivity contribution in [3.8, 4) is 5.75 Å². The van der Waals surface area contributed by atoms with Crippen LogP contribution >= 0.6 is 11.6 Å². The molecule has 0 unspecified atom stereocenters. The Labute approximate surface area is 126 Å². The zero-order chi connectivity index (χ0) is 15.0. The van der Waals surface area contributed by atoms with Gasteiger partial charge in [-0.3, -0.25) is 4.79 Å². The lowest BCUT2D eigenvalue weighted by Crippen LogP contribution is -1.91. The first-order valence-corrected chi connectivity index (χ1v) is 7.63. The van der Waals surface area contributed by atoms with E-state index in [-0.39, 0.29) is 11.3 Å². The normalized spacial score (nSPS) is 11.2. The molecule has 0 aliphatic heterocycles. The highest BCUT2D eigenvalue weighted by molar-refractivity contribution is 6.32. The van der Waals surface area contributed by atoms with Crippen LogP contribution in [-0.4, -0.2) is 11.4 Å². The molecule has 0 saturated carbocycles. The third kappa shape index (κ3) is 4.68. The van der Waals surface area contributed by atoms with E-state index < -0.39 is 0 Å². The maximum Gasteiger partial charge on any atom is 0.154 e. The average molecular weight is 295 g/mol. The number of phenolic OH excluding ortho intramolecular Hbond substituents is 1. The average Bonchev–Trinajstić information content (AvgIpc) is 2.44. The van der Waals surface area contributed by atoms with Crippen molar-refractivity contribution >= 4 is 24.0 Å². The molecule has 1 N–H and O–H groups in total. The van der Waals surface area contributed by atoms with Gasteiger partial charge in [-0.25, -0.2) is 0 Å². The third-order valence-electron chi connectivity index (χ3n) is 3.46. The minimum Gasteiger partial charge on any atom is -0.507 e. The molecular weight excluding hydrogens is 272 g/mol. The summed E-state index contributed by atoms with van der Waals surface area (Å²) in [7, 11) is 0. The van der Waals surface area contributed by atoms with Crippen LogP contribution in [0.2, 0.25) is 5.02 Å². The van der Waals surface area contributed by atoms with E-state index in [1.165, 1.54) is 25.7 Å². The number of aldehydes is 1. The predicted octanol–water partition coefficient (Wildman–Crippen LogP) is 5.54. The molecule has 1 aromatic carbocycles. The van der Waals surface area contributed by atoms with Gasteiger partial charge in [0, 0.05) is 10.6 Å². The fraction of sp³-hybridized carbons (Fsp3) is 0.471. The Kier molecular flexibility index (Phi) is 7.38. The molecule has 20 heavy (non-hydrogen) atoms. The van der Waals surface area contributed by atoms with Gasteiger partial charge in [0.05, 0.1) is 5.56 Å². The Hall–Kier alpha value is -1.28. The maximum absolute atomic E-state index is 11.0. The Balaban J connectivity index is 2.64. The van der Waals surface area contributed by atoms with E-state index >= 15 is 0 Å². The molecule has 0 radical (unpaired) electrons. The quantitative estimate of drug-likeness (QED) is 0.505. The third-order valence-corrected chi connectivity index (χ3v) is 3.86. The summed E-state index contributed by atoms with van der Waals surface area (Å²) in [5, 5.41) is 10.5. The molecule has 0 aliphatic carbocycles. The largest absolute Gasteiger partial charge is 0.507 e. The fourth-order valence-corrected chi connectivity index (χ4v) is 2.34. The SMILES string of the molecule is CCCCCCC/C=C/c1cc(Cl)c(C)c(C=O)c1O. The van der Waals surface area contributed by atoms with Gasteiger partial charge in [-0.1, -0.05) is 56.4 Å². The molecule has 0 heterocycles. The van der Waals surface area contributed by atoms with Crippen molar-refractivity contribution in [3.05, 3.63) is 33.9 Å². The van der Waals surface area contributed by atoms with Crippen LogP contribution in [0.1, 0.15) is 66.9 Å². The molecule has 0 aliphatic rings. The van der Waals surface area contributed by atoms with E-state index in [1.54, 1.807) is 13.0 Å². The van der Waals surface area contributed by atoms with Crippen molar-refractivity contribution < 1.29 is 9.90 Å². The molecule has 0 saturated heterocycles. The first-order valence-electron chi connectivity index (χ1n) is 7.25. The second kappa shape index (κ2) is 8.80. The number of carbonyl (C=O) groups excluding carboxylic acids is 1. The molecule has 110 valence electrons. The summed E-state index contributed by atoms with van der Waals surface area (Å²) in [6, 6.07) is 1.70. The molecule has 0 aromatic heterocycles. The van der Waals surface area contributed by atoms with Crippen molar-refractivity contribution in [3.63, 3.8) is 0 Å². The summed E-state index contributed by atoms with van der Waals surface area (Å²) < 4.78 is 0. The highest BCUT2D eigenvalue weighted by Crippen LogP contribution is 2.31. The van der Waals surface area contributed by atoms with E-state index in [0.29, 0.717) is 22.4 Å². The molecule has 3 heteroatoms. The van der Waals surface area contributed by atoms with E-state index in [1.807, 2.05) is 12.2 Å². The van der Waals surface area contributed by atoms with Gasteiger partial charge >= 0.3 is 0 Å². The fourth-order valence-electron chi connectivity index (χ4n) is 2.12. The summed E-state index contributed by atoms with van der Waals surface area (Å²) in [4.78, 5) is 11.0. The number of benzene rings is 1. The molecule has 1 aromatic rings. The van der Waals surface area contributed by atoms with E-state index in [0.717, 1.165) is 12.8 Å². The van der Waals surface area contributed by atoms with Crippen LogP contribution in [0.4, 0.5) is 0 Å². The number of rotatable bonds is 8. The second-order valence-electron chi connectivity index (χ2n) is 5.06. The van der Waals surface area contributed by atoms with Crippen LogP contribution in [0.3, 0.4) is 0 Å². The topological polar surface area (TPSA) is 37.3 Å². The van der Waals surface area contributed by atoms with Crippen LogP contribution in [0.25, 0.3) is 6.08 Å². The van der Waals surface area contributed by atoms with Gasteiger partial charge in [0.2, 0.25) is 0 Å². The van der Waals surface area contributed by atoms with Gasteiger partial charge in [-0.2, -0.15) is 0 Å². The number of phenols is 1. The molecule has 0 fully saturated rings. The monoisotopic (exact) mass is 294 g/mol. The van der Waals surface area contributed by atoms with Gasteiger partial charge in [0.1, 0.15) is 5.75 Å². The van der Waals surface area contributed by atoms with Crippen LogP contribution < -0.4 is 0 Å². The number of hydrogen-bond acceptors (Lipinski definition) is 2. The van der Waals surface area contributed by atoms with Crippen LogP contribution in [0.15, 0.2) is 12.1 Å². The number of aromatic hydroxyl groups is 1. The minimum atomic E-state index is 0.0177. The lowest BCUT2D eigenvalue weighted by Gasteiger charge is -2.08. The van der Waals surface area contributed by atoms with Crippen LogP contribution in [0.5, 0.6) is 5.75 Å². The first kappa shape index (κ1) is 16.8. The molecule has 0 amide bonds. The zero-order valence-electron chi connectivity index (χ0n) is 12.3. The molecule has 1 rings (SSSR count). The number of allylic oxidation sites excluding steroid dienone is 1. The summed E-state index contributed by atoms with van der Waals surface area (Å²) in [5.41, 5.74) is 1.51. The molecule has 0 bridgehead atoms. The summed E-state index contributed by atoms with van der Waals surface area (Å²) in [5.74, 6) is 0.0177. The number of carbonyl (C=O) groups is 1. The Morgan fingerprint density at radius 3 is 2.60 bits per heavy atom. The van der Waals surface area contributed by atoms with Crippen molar-refractivity contribution in [2.75, 3.05) is 0 Å². The standard InChI is InChI=1S/C17H23ClO2/c1-3-4-5-6-7-8-9-10-14-11-16(18)13(2)15(12-19)17(14)20/h9-12,20H,3-8H2,1-2H3/b10-9+. The highest BCUT2D eigenvalue weighted by atomic mass is 35.5. The summed E-state index contributed by atoms with van der Waals surface area (Å²) in [6.45, 7) is 3.93. The van der Waals surface area contributed by atoms with Gasteiger partial charge in [0.15, 0.2) is 6.29 Å². The second-order valence-corrected chi connectivity index (χ2v) is 5.47. The maximum atomic E-state index is 11.0. The van der Waals surface area contributed by atoms with E-state index in [2.05, 4.69) is 6.92 Å². The van der Waals surface area contributed by atoms with E-state index in [9.17, 15) is 9.90 Å². The molecule has 0 atom stereocenters. The molecule has 0 spiro atoms. The predicted molar refractivity (Wildman–Crippen MR) is 85.7 cm³/mol. The Morgan fingerprint density at radius 2 is 1.95 bits per heavy atom. The van der Waals surface area contributed by atoms with Crippen LogP contribution in [-0.2, 0) is 0 Å². The Bertz CT molecular complexity index is 478. The van der Waals surface area contributed by atoms with Crippen molar-refractivity contribution in [2.24, 2.45) is 0 Å². The minimum absolute atomic E-state index is 0.0177. The number of hydrogen-bond donors (Lipinski definition) is 1. The van der Waals surface area contributed by atoms with Gasteiger partial charge in [-0.05, 0) is 31.4 Å². The number of unbranched alkanes of at least 4 members (excludes halogenated alkanes) is 5. The van der Waals surface area contributed by atoms with Crippen molar-refractivity contribution in [1.82, 2.24) is 0 Å². The Morgan fingerprint density at radius 1 is 1.25 bits per heavy atom. The summed E-state index contributed by atoms with van der Waals surface area (Å²) in [6.07, 6.45) is 11.7. The highest BCUT2D eigenvalue weighted by Gasteiger charge is 2.11. The van der Waals surface area contributed by atoms with Gasteiger partial charge in [-0.15, -0.1) is 0 Å². The first-order chi connectivity index (χ1) is 9.61. The van der Waals surface area contributed by atoms with Gasteiger partial charge in [0.25, 0.3) is 0 Å². The van der Waals surface area contributed by atoms with E-state index in [4.69, 9.17) is 11.6 Å². The van der Waals surface area contributed by atoms with Crippen molar-refractivity contribution in [2.45, 2.75) is 52.4 Å². The number of halogens is 1. The smallest absolute Gasteiger partial charge is 0.154 e. The zero-order valence-corrected chi connectivity index (χ0v) is 13.0. The summed E-state index contributed by atoms with van der Waals surface area (Å²) >= 11 is 6.06.